The van der Waals surface area contributed by atoms with E-state index in [9.17, 15) is 4.79 Å². The molecule has 2 nitrogen and oxygen atoms in total. The summed E-state index contributed by atoms with van der Waals surface area (Å²) < 4.78 is 0. The summed E-state index contributed by atoms with van der Waals surface area (Å²) in [6.45, 7) is 1.10. The molecule has 0 saturated heterocycles. The molecule has 2 aromatic carbocycles. The average molecular weight is 269 g/mol. The first-order valence-electron chi connectivity index (χ1n) is 7.34. The Labute approximate surface area is 121 Å². The maximum atomic E-state index is 12.3. The van der Waals surface area contributed by atoms with Crippen molar-refractivity contribution in [2.75, 3.05) is 20.6 Å². The van der Waals surface area contributed by atoms with E-state index in [4.69, 9.17) is 0 Å². The number of Topliss-reactive ketones (excluding diaryl/α,β-unsaturated/α-hetero) is 1. The summed E-state index contributed by atoms with van der Waals surface area (Å²) in [6.07, 6.45) is 3.92. The van der Waals surface area contributed by atoms with Gasteiger partial charge in [-0.25, -0.2) is 0 Å². The minimum atomic E-state index is 0.270. The zero-order valence-electron chi connectivity index (χ0n) is 12.4. The maximum absolute atomic E-state index is 12.3. The summed E-state index contributed by atoms with van der Waals surface area (Å²) in [7, 11) is 4.17. The van der Waals surface area contributed by atoms with E-state index >= 15 is 0 Å². The Morgan fingerprint density at radius 1 is 0.950 bits per heavy atom. The molecule has 0 amide bonds. The van der Waals surface area contributed by atoms with Crippen LogP contribution in [0.2, 0.25) is 0 Å². The van der Waals surface area contributed by atoms with Gasteiger partial charge < -0.3 is 4.90 Å². The molecule has 0 N–H and O–H groups in total. The van der Waals surface area contributed by atoms with E-state index in [1.165, 1.54) is 0 Å². The summed E-state index contributed by atoms with van der Waals surface area (Å²) in [5.41, 5.74) is 0.871. The van der Waals surface area contributed by atoms with Crippen LogP contribution in [0.25, 0.3) is 10.8 Å². The summed E-state index contributed by atoms with van der Waals surface area (Å²) in [6, 6.07) is 14.1. The zero-order chi connectivity index (χ0) is 14.4. The summed E-state index contributed by atoms with van der Waals surface area (Å²) in [5.74, 6) is 0.270. The molecule has 0 unspecified atom stereocenters. The largest absolute Gasteiger partial charge is 0.309 e. The third-order valence-electron chi connectivity index (χ3n) is 3.60. The van der Waals surface area contributed by atoms with Crippen LogP contribution in [0.1, 0.15) is 36.0 Å². The van der Waals surface area contributed by atoms with Crippen LogP contribution in [-0.2, 0) is 0 Å². The Morgan fingerprint density at radius 3 is 2.50 bits per heavy atom. The van der Waals surface area contributed by atoms with Crippen molar-refractivity contribution in [2.24, 2.45) is 0 Å². The quantitative estimate of drug-likeness (QED) is 0.556. The molecule has 20 heavy (non-hydrogen) atoms. The number of carbonyl (C=O) groups is 1. The van der Waals surface area contributed by atoms with Gasteiger partial charge in [0.25, 0.3) is 0 Å². The molecule has 0 aliphatic rings. The van der Waals surface area contributed by atoms with E-state index in [2.05, 4.69) is 31.1 Å². The van der Waals surface area contributed by atoms with Crippen molar-refractivity contribution < 1.29 is 4.79 Å². The van der Waals surface area contributed by atoms with Crippen LogP contribution in [0, 0.1) is 0 Å². The minimum absolute atomic E-state index is 0.270. The Bertz CT molecular complexity index is 569. The predicted molar refractivity (Wildman–Crippen MR) is 85.3 cm³/mol. The molecule has 2 aromatic rings. The van der Waals surface area contributed by atoms with Gasteiger partial charge in [-0.15, -0.1) is 0 Å². The highest BCUT2D eigenvalue weighted by atomic mass is 16.1. The van der Waals surface area contributed by atoms with Gasteiger partial charge in [0.2, 0.25) is 0 Å². The standard InChI is InChI=1S/C18H23NO/c1-19(2)14-7-3-4-13-18(20)17-12-8-10-15-9-5-6-11-16(15)17/h5-6,8-12H,3-4,7,13-14H2,1-2H3. The molecule has 0 atom stereocenters. The van der Waals surface area contributed by atoms with Crippen molar-refractivity contribution >= 4 is 16.6 Å². The highest BCUT2D eigenvalue weighted by molar-refractivity contribution is 6.08. The maximum Gasteiger partial charge on any atom is 0.163 e. The predicted octanol–water partition coefficient (Wildman–Crippen LogP) is 4.14. The first-order valence-corrected chi connectivity index (χ1v) is 7.34. The van der Waals surface area contributed by atoms with Crippen LogP contribution in [0.3, 0.4) is 0 Å². The molecule has 0 bridgehead atoms. The molecule has 0 spiro atoms. The molecule has 2 heteroatoms. The smallest absolute Gasteiger partial charge is 0.163 e. The second-order valence-electron chi connectivity index (χ2n) is 5.56. The number of fused-ring (bicyclic) bond motifs is 1. The van der Waals surface area contributed by atoms with E-state index in [1.54, 1.807) is 0 Å². The number of nitrogens with zero attached hydrogens (tertiary/aromatic N) is 1. The van der Waals surface area contributed by atoms with Gasteiger partial charge in [0.05, 0.1) is 0 Å². The van der Waals surface area contributed by atoms with Crippen molar-refractivity contribution in [1.82, 2.24) is 4.90 Å². The Morgan fingerprint density at radius 2 is 1.70 bits per heavy atom. The fourth-order valence-corrected chi connectivity index (χ4v) is 2.49. The Balaban J connectivity index is 1.94. The van der Waals surface area contributed by atoms with Gasteiger partial charge in [-0.05, 0) is 44.3 Å². The van der Waals surface area contributed by atoms with Crippen molar-refractivity contribution in [2.45, 2.75) is 25.7 Å². The molecule has 0 aliphatic heterocycles. The fraction of sp³-hybridized carbons (Fsp3) is 0.389. The van der Waals surface area contributed by atoms with Gasteiger partial charge >= 0.3 is 0 Å². The van der Waals surface area contributed by atoms with Gasteiger partial charge in [-0.1, -0.05) is 48.9 Å². The van der Waals surface area contributed by atoms with Crippen LogP contribution >= 0.6 is 0 Å². The number of ketones is 1. The normalized spacial score (nSPS) is 11.2. The first kappa shape index (κ1) is 14.7. The molecule has 0 fully saturated rings. The van der Waals surface area contributed by atoms with Crippen molar-refractivity contribution in [3.05, 3.63) is 48.0 Å². The lowest BCUT2D eigenvalue weighted by molar-refractivity contribution is 0.0980. The van der Waals surface area contributed by atoms with Gasteiger partial charge in [0.15, 0.2) is 5.78 Å². The number of hydrogen-bond acceptors (Lipinski definition) is 2. The molecule has 0 aromatic heterocycles. The zero-order valence-corrected chi connectivity index (χ0v) is 12.4. The van der Waals surface area contributed by atoms with E-state index in [0.717, 1.165) is 42.1 Å². The fourth-order valence-electron chi connectivity index (χ4n) is 2.49. The second-order valence-corrected chi connectivity index (χ2v) is 5.56. The SMILES string of the molecule is CN(C)CCCCCC(=O)c1cccc2ccccc12. The van der Waals surface area contributed by atoms with Crippen LogP contribution in [0.4, 0.5) is 0 Å². The molecule has 0 radical (unpaired) electrons. The van der Waals surface area contributed by atoms with E-state index in [0.29, 0.717) is 6.42 Å². The number of hydrogen-bond donors (Lipinski definition) is 0. The van der Waals surface area contributed by atoms with Crippen LogP contribution in [0.5, 0.6) is 0 Å². The highest BCUT2D eigenvalue weighted by Gasteiger charge is 2.09. The third kappa shape index (κ3) is 3.91. The van der Waals surface area contributed by atoms with E-state index in [-0.39, 0.29) is 5.78 Å². The molecule has 0 aliphatic carbocycles. The Kier molecular flexibility index (Phi) is 5.31. The lowest BCUT2D eigenvalue weighted by Gasteiger charge is -2.09. The molecule has 106 valence electrons. The second kappa shape index (κ2) is 7.20. The van der Waals surface area contributed by atoms with Crippen molar-refractivity contribution in [3.8, 4) is 0 Å². The lowest BCUT2D eigenvalue weighted by atomic mass is 9.98. The number of carbonyl (C=O) groups excluding carboxylic acids is 1. The topological polar surface area (TPSA) is 20.3 Å². The molecule has 2 rings (SSSR count). The van der Waals surface area contributed by atoms with Crippen LogP contribution in [-0.4, -0.2) is 31.3 Å². The van der Waals surface area contributed by atoms with E-state index in [1.807, 2.05) is 30.3 Å². The van der Waals surface area contributed by atoms with Gasteiger partial charge in [0, 0.05) is 12.0 Å². The van der Waals surface area contributed by atoms with E-state index < -0.39 is 0 Å². The number of unbranched alkanes of at least 4 members (excludes halogenated alkanes) is 2. The number of benzene rings is 2. The average Bonchev–Trinajstić information content (AvgIpc) is 2.45. The summed E-state index contributed by atoms with van der Waals surface area (Å²) in [4.78, 5) is 14.5. The van der Waals surface area contributed by atoms with Crippen molar-refractivity contribution in [1.29, 1.82) is 0 Å². The molecular formula is C18H23NO. The number of rotatable bonds is 7. The van der Waals surface area contributed by atoms with Gasteiger partial charge in [0.1, 0.15) is 0 Å². The third-order valence-corrected chi connectivity index (χ3v) is 3.60. The Hall–Kier alpha value is -1.67. The van der Waals surface area contributed by atoms with Gasteiger partial charge in [-0.3, -0.25) is 4.79 Å². The molecule has 0 saturated carbocycles. The van der Waals surface area contributed by atoms with Crippen molar-refractivity contribution in [3.63, 3.8) is 0 Å². The first-order chi connectivity index (χ1) is 9.68. The lowest BCUT2D eigenvalue weighted by Crippen LogP contribution is -2.12. The van der Waals surface area contributed by atoms with Crippen LogP contribution < -0.4 is 0 Å². The summed E-state index contributed by atoms with van der Waals surface area (Å²) >= 11 is 0. The van der Waals surface area contributed by atoms with Crippen LogP contribution in [0.15, 0.2) is 42.5 Å². The molecule has 0 heterocycles. The minimum Gasteiger partial charge on any atom is -0.309 e. The van der Waals surface area contributed by atoms with Gasteiger partial charge in [-0.2, -0.15) is 0 Å². The monoisotopic (exact) mass is 269 g/mol. The highest BCUT2D eigenvalue weighted by Crippen LogP contribution is 2.20. The summed E-state index contributed by atoms with van der Waals surface area (Å²) in [5, 5.41) is 2.22. The molecular weight excluding hydrogens is 246 g/mol.